The summed E-state index contributed by atoms with van der Waals surface area (Å²) in [5.74, 6) is 0.806. The van der Waals surface area contributed by atoms with E-state index in [-0.39, 0.29) is 24.0 Å². The van der Waals surface area contributed by atoms with E-state index in [9.17, 15) is 0 Å². The zero-order chi connectivity index (χ0) is 17.2. The molecule has 0 radical (unpaired) electrons. The molecule has 0 rings (SSSR count). The smallest absolute Gasteiger partial charge is 0.0794 e. The van der Waals surface area contributed by atoms with Gasteiger partial charge in [0.15, 0.2) is 0 Å². The average molecular weight is 474 g/mol. The maximum atomic E-state index is 5.79. The molecule has 24 heavy (non-hydrogen) atoms. The summed E-state index contributed by atoms with van der Waals surface area (Å²) in [6.07, 6.45) is 21.4. The van der Waals surface area contributed by atoms with E-state index >= 15 is 0 Å². The molecule has 0 fully saturated rings. The molecule has 0 aromatic carbocycles. The summed E-state index contributed by atoms with van der Waals surface area (Å²) in [5.41, 5.74) is 0. The molecule has 3 heteroatoms. The predicted octanol–water partition coefficient (Wildman–Crippen LogP) is 4.18. The third kappa shape index (κ3) is 21.0. The van der Waals surface area contributed by atoms with E-state index in [1.54, 1.807) is 0 Å². The summed E-state index contributed by atoms with van der Waals surface area (Å²) < 4.78 is 1.14. The van der Waals surface area contributed by atoms with Gasteiger partial charge in [0.25, 0.3) is 0 Å². The number of rotatable bonds is 18. The lowest BCUT2D eigenvalue weighted by Gasteiger charge is -2.29. The minimum atomic E-state index is 0. The van der Waals surface area contributed by atoms with Crippen molar-refractivity contribution in [3.05, 3.63) is 0 Å². The Balaban J connectivity index is 0. The molecule has 0 heterocycles. The molecule has 0 aliphatic carbocycles. The number of quaternary nitrogens is 1. The summed E-state index contributed by atoms with van der Waals surface area (Å²) in [4.78, 5) is 0. The van der Waals surface area contributed by atoms with Crippen LogP contribution in [0.4, 0.5) is 0 Å². The van der Waals surface area contributed by atoms with Crippen molar-refractivity contribution in [2.24, 2.45) is 0 Å². The first-order chi connectivity index (χ1) is 11.1. The van der Waals surface area contributed by atoms with Crippen LogP contribution in [0.1, 0.15) is 103 Å². The van der Waals surface area contributed by atoms with Crippen LogP contribution in [0.2, 0.25) is 0 Å². The fourth-order valence-electron chi connectivity index (χ4n) is 3.33. The molecule has 0 aromatic rings. The number of alkyl halides is 1. The van der Waals surface area contributed by atoms with Crippen molar-refractivity contribution >= 4 is 11.6 Å². The lowest BCUT2D eigenvalue weighted by Crippen LogP contribution is -3.00. The number of unbranched alkanes of at least 4 members (excludes halogenated alkanes) is 13. The van der Waals surface area contributed by atoms with Gasteiger partial charge in [-0.2, -0.15) is 0 Å². The van der Waals surface area contributed by atoms with E-state index < -0.39 is 0 Å². The molecule has 0 aliphatic rings. The highest BCUT2D eigenvalue weighted by molar-refractivity contribution is 6.17. The molecule has 0 saturated heterocycles. The van der Waals surface area contributed by atoms with Gasteiger partial charge in [-0.15, -0.1) is 11.6 Å². The molecule has 0 N–H and O–H groups in total. The van der Waals surface area contributed by atoms with Gasteiger partial charge in [0, 0.05) is 12.3 Å². The molecule has 0 spiro atoms. The Morgan fingerprint density at radius 3 is 1.25 bits per heavy atom. The zero-order valence-electron chi connectivity index (χ0n) is 16.9. The normalized spacial score (nSPS) is 11.5. The minimum Gasteiger partial charge on any atom is -1.00 e. The van der Waals surface area contributed by atoms with Crippen molar-refractivity contribution < 1.29 is 28.5 Å². The molecular formula is C21H45ClIN. The minimum absolute atomic E-state index is 0. The van der Waals surface area contributed by atoms with Crippen LogP contribution in [0.3, 0.4) is 0 Å². The highest BCUT2D eigenvalue weighted by atomic mass is 127. The first kappa shape index (κ1) is 27.2. The zero-order valence-corrected chi connectivity index (χ0v) is 19.8. The Morgan fingerprint density at radius 1 is 0.542 bits per heavy atom. The third-order valence-corrected chi connectivity index (χ3v) is 5.28. The second kappa shape index (κ2) is 20.3. The Hall–Kier alpha value is 0.980. The Kier molecular flexibility index (Phi) is 23.0. The maximum absolute atomic E-state index is 5.79. The largest absolute Gasteiger partial charge is 1.00 e. The van der Waals surface area contributed by atoms with E-state index in [0.29, 0.717) is 0 Å². The maximum Gasteiger partial charge on any atom is 0.0794 e. The van der Waals surface area contributed by atoms with Crippen LogP contribution in [0.15, 0.2) is 0 Å². The van der Waals surface area contributed by atoms with Gasteiger partial charge in [-0.3, -0.25) is 0 Å². The summed E-state index contributed by atoms with van der Waals surface area (Å²) >= 11 is 5.79. The number of halogens is 2. The van der Waals surface area contributed by atoms with Crippen molar-refractivity contribution in [2.75, 3.05) is 33.1 Å². The van der Waals surface area contributed by atoms with Gasteiger partial charge in [0.1, 0.15) is 0 Å². The summed E-state index contributed by atoms with van der Waals surface area (Å²) in [6, 6.07) is 0. The Morgan fingerprint density at radius 2 is 0.875 bits per heavy atom. The number of nitrogens with zero attached hydrogens (tertiary/aromatic N) is 1. The predicted molar refractivity (Wildman–Crippen MR) is 107 cm³/mol. The molecule has 0 amide bonds. The molecule has 0 aliphatic heterocycles. The first-order valence-corrected chi connectivity index (χ1v) is 11.0. The van der Waals surface area contributed by atoms with Gasteiger partial charge < -0.3 is 28.5 Å². The lowest BCUT2D eigenvalue weighted by atomic mass is 10.0. The molecule has 148 valence electrons. The van der Waals surface area contributed by atoms with Gasteiger partial charge >= 0.3 is 0 Å². The molecule has 1 nitrogen and oxygen atoms in total. The van der Waals surface area contributed by atoms with Crippen molar-refractivity contribution in [3.8, 4) is 0 Å². The molecule has 0 aromatic heterocycles. The highest BCUT2D eigenvalue weighted by Crippen LogP contribution is 2.13. The van der Waals surface area contributed by atoms with Crippen molar-refractivity contribution in [3.63, 3.8) is 0 Å². The van der Waals surface area contributed by atoms with Crippen LogP contribution in [0, 0.1) is 0 Å². The standard InChI is InChI=1S/C21H45ClN.HI/c1-4-5-6-7-8-9-10-11-12-13-14-15-16-17-20-23(2,3)21-18-19-22;/h4-21H2,1-3H3;1H/q+1;/p-1. The van der Waals surface area contributed by atoms with E-state index in [1.165, 1.54) is 103 Å². The Labute approximate surface area is 175 Å². The van der Waals surface area contributed by atoms with E-state index in [1.807, 2.05) is 0 Å². The van der Waals surface area contributed by atoms with Gasteiger partial charge in [-0.1, -0.05) is 84.0 Å². The fourth-order valence-corrected chi connectivity index (χ4v) is 3.45. The lowest BCUT2D eigenvalue weighted by molar-refractivity contribution is -0.890. The van der Waals surface area contributed by atoms with E-state index in [4.69, 9.17) is 11.6 Å². The highest BCUT2D eigenvalue weighted by Gasteiger charge is 2.12. The molecule has 0 unspecified atom stereocenters. The van der Waals surface area contributed by atoms with Crippen LogP contribution >= 0.6 is 11.6 Å². The van der Waals surface area contributed by atoms with Crippen LogP contribution in [0.25, 0.3) is 0 Å². The Bertz CT molecular complexity index is 234. The first-order valence-electron chi connectivity index (χ1n) is 10.5. The second-order valence-corrected chi connectivity index (χ2v) is 8.40. The second-order valence-electron chi connectivity index (χ2n) is 8.02. The van der Waals surface area contributed by atoms with E-state index in [0.717, 1.165) is 16.8 Å². The number of hydrogen-bond donors (Lipinski definition) is 0. The summed E-state index contributed by atoms with van der Waals surface area (Å²) in [6.45, 7) is 4.83. The van der Waals surface area contributed by atoms with Crippen molar-refractivity contribution in [2.45, 2.75) is 103 Å². The van der Waals surface area contributed by atoms with Gasteiger partial charge in [-0.05, 0) is 12.8 Å². The topological polar surface area (TPSA) is 0 Å². The average Bonchev–Trinajstić information content (AvgIpc) is 2.53. The molecular weight excluding hydrogens is 429 g/mol. The number of hydrogen-bond acceptors (Lipinski definition) is 0. The molecule has 0 atom stereocenters. The van der Waals surface area contributed by atoms with E-state index in [2.05, 4.69) is 21.0 Å². The monoisotopic (exact) mass is 473 g/mol. The molecule has 0 bridgehead atoms. The van der Waals surface area contributed by atoms with Crippen LogP contribution in [0.5, 0.6) is 0 Å². The van der Waals surface area contributed by atoms with Gasteiger partial charge in [0.2, 0.25) is 0 Å². The van der Waals surface area contributed by atoms with Crippen LogP contribution in [-0.4, -0.2) is 37.5 Å². The van der Waals surface area contributed by atoms with Gasteiger partial charge in [0.05, 0.1) is 27.2 Å². The fraction of sp³-hybridized carbons (Fsp3) is 1.00. The summed E-state index contributed by atoms with van der Waals surface area (Å²) in [7, 11) is 4.68. The quantitative estimate of drug-likeness (QED) is 0.121. The molecule has 0 saturated carbocycles. The van der Waals surface area contributed by atoms with Crippen molar-refractivity contribution in [1.82, 2.24) is 0 Å². The third-order valence-electron chi connectivity index (χ3n) is 5.01. The van der Waals surface area contributed by atoms with Crippen LogP contribution < -0.4 is 24.0 Å². The van der Waals surface area contributed by atoms with Crippen LogP contribution in [-0.2, 0) is 0 Å². The van der Waals surface area contributed by atoms with Gasteiger partial charge in [-0.25, -0.2) is 0 Å². The van der Waals surface area contributed by atoms with Crippen molar-refractivity contribution in [1.29, 1.82) is 0 Å². The summed E-state index contributed by atoms with van der Waals surface area (Å²) in [5, 5.41) is 0. The SMILES string of the molecule is CCCCCCCCCCCCCCCC[N+](C)(C)CCCCl.[I-].